The van der Waals surface area contributed by atoms with E-state index in [9.17, 15) is 0 Å². The second kappa shape index (κ2) is 6.82. The van der Waals surface area contributed by atoms with Gasteiger partial charge in [0.25, 0.3) is 0 Å². The van der Waals surface area contributed by atoms with E-state index in [-0.39, 0.29) is 0 Å². The normalized spacial score (nSPS) is 11.9. The molecule has 2 aromatic carbocycles. The van der Waals surface area contributed by atoms with Crippen LogP contribution in [0.3, 0.4) is 0 Å². The molecule has 0 saturated carbocycles. The molecule has 2 aromatic rings. The molecule has 0 aliphatic rings. The number of aliphatic imine (C=N–C) groups is 1. The topological polar surface area (TPSA) is 12.4 Å². The monoisotopic (exact) mass is 253 g/mol. The van der Waals surface area contributed by atoms with Gasteiger partial charge in [-0.05, 0) is 30.0 Å². The second-order valence-electron chi connectivity index (χ2n) is 3.71. The molecule has 0 aromatic heterocycles. The minimum absolute atomic E-state index is 0.974. The lowest BCUT2D eigenvalue weighted by Crippen LogP contribution is -1.79. The molecule has 0 atom stereocenters. The molecule has 0 aliphatic heterocycles. The lowest BCUT2D eigenvalue weighted by molar-refractivity contribution is 1.54. The third-order valence-corrected chi connectivity index (χ3v) is 3.30. The Kier molecular flexibility index (Phi) is 4.79. The fourth-order valence-electron chi connectivity index (χ4n) is 1.59. The van der Waals surface area contributed by atoms with Gasteiger partial charge in [-0.15, -0.1) is 11.8 Å². The Morgan fingerprint density at radius 2 is 1.56 bits per heavy atom. The number of allylic oxidation sites excluding steroid dienone is 1. The van der Waals surface area contributed by atoms with Crippen molar-refractivity contribution in [1.82, 2.24) is 0 Å². The Bertz CT molecular complexity index is 530. The Morgan fingerprint density at radius 3 is 2.17 bits per heavy atom. The summed E-state index contributed by atoms with van der Waals surface area (Å²) in [5.41, 5.74) is 2.20. The molecule has 1 nitrogen and oxygen atoms in total. The molecule has 0 spiro atoms. The minimum Gasteiger partial charge on any atom is -0.257 e. The quantitative estimate of drug-likeness (QED) is 0.713. The summed E-state index contributed by atoms with van der Waals surface area (Å²) in [5.74, 6) is 0. The van der Waals surface area contributed by atoms with Crippen LogP contribution in [0.1, 0.15) is 5.56 Å². The summed E-state index contributed by atoms with van der Waals surface area (Å²) in [7, 11) is 0. The average molecular weight is 253 g/mol. The van der Waals surface area contributed by atoms with Crippen LogP contribution < -0.4 is 0 Å². The van der Waals surface area contributed by atoms with Gasteiger partial charge in [0.05, 0.1) is 5.69 Å². The van der Waals surface area contributed by atoms with Crippen molar-refractivity contribution in [2.45, 2.75) is 0 Å². The van der Waals surface area contributed by atoms with Gasteiger partial charge in [-0.3, -0.25) is 4.99 Å². The van der Waals surface area contributed by atoms with Crippen molar-refractivity contribution < 1.29 is 0 Å². The number of thioether (sulfide) groups is 1. The maximum atomic E-state index is 4.40. The zero-order valence-corrected chi connectivity index (χ0v) is 11.1. The average Bonchev–Trinajstić information content (AvgIpc) is 2.46. The van der Waals surface area contributed by atoms with Crippen molar-refractivity contribution >= 4 is 28.6 Å². The largest absolute Gasteiger partial charge is 0.257 e. The maximum Gasteiger partial charge on any atom is 0.0629 e. The molecular formula is C16H15NS. The summed E-state index contributed by atoms with van der Waals surface area (Å²) in [5, 5.41) is 0. The van der Waals surface area contributed by atoms with E-state index in [0.29, 0.717) is 0 Å². The van der Waals surface area contributed by atoms with Gasteiger partial charge in [0, 0.05) is 11.1 Å². The first-order valence-corrected chi connectivity index (χ1v) is 7.01. The van der Waals surface area contributed by atoms with Crippen molar-refractivity contribution in [3.63, 3.8) is 0 Å². The molecule has 0 amide bonds. The molecule has 0 N–H and O–H groups in total. The van der Waals surface area contributed by atoms with Crippen LogP contribution in [-0.2, 0) is 0 Å². The lowest BCUT2D eigenvalue weighted by atomic mass is 10.2. The smallest absolute Gasteiger partial charge is 0.0629 e. The number of para-hydroxylation sites is 1. The predicted molar refractivity (Wildman–Crippen MR) is 82.5 cm³/mol. The number of hydrogen-bond donors (Lipinski definition) is 0. The van der Waals surface area contributed by atoms with Crippen molar-refractivity contribution in [3.8, 4) is 0 Å². The molecule has 2 heteroatoms. The second-order valence-corrected chi connectivity index (χ2v) is 4.56. The van der Waals surface area contributed by atoms with E-state index in [1.54, 1.807) is 11.8 Å². The highest BCUT2D eigenvalue weighted by Gasteiger charge is 1.96. The molecule has 0 heterocycles. The maximum absolute atomic E-state index is 4.40. The highest BCUT2D eigenvalue weighted by atomic mass is 32.2. The summed E-state index contributed by atoms with van der Waals surface area (Å²) < 4.78 is 0. The molecular weight excluding hydrogens is 238 g/mol. The van der Waals surface area contributed by atoms with Crippen molar-refractivity contribution in [2.24, 2.45) is 4.99 Å². The number of hydrogen-bond acceptors (Lipinski definition) is 2. The van der Waals surface area contributed by atoms with Crippen LogP contribution in [-0.4, -0.2) is 12.5 Å². The third kappa shape index (κ3) is 3.60. The summed E-state index contributed by atoms with van der Waals surface area (Å²) in [6, 6.07) is 20.3. The van der Waals surface area contributed by atoms with E-state index >= 15 is 0 Å². The van der Waals surface area contributed by atoms with E-state index in [2.05, 4.69) is 23.4 Å². The SMILES string of the molecule is CS/C(=C\C=Nc1ccccc1)c1ccccc1. The molecule has 0 aliphatic carbocycles. The van der Waals surface area contributed by atoms with Crippen LogP contribution in [0.25, 0.3) is 4.91 Å². The number of benzene rings is 2. The van der Waals surface area contributed by atoms with Gasteiger partial charge in [-0.25, -0.2) is 0 Å². The fraction of sp³-hybridized carbons (Fsp3) is 0.0625. The standard InChI is InChI=1S/C16H15NS/c1-18-16(14-8-4-2-5-9-14)12-13-17-15-10-6-3-7-11-15/h2-13H,1H3/b16-12-,17-13?. The predicted octanol–water partition coefficient (Wildman–Crippen LogP) is 4.79. The van der Waals surface area contributed by atoms with E-state index < -0.39 is 0 Å². The lowest BCUT2D eigenvalue weighted by Gasteiger charge is -2.01. The van der Waals surface area contributed by atoms with Crippen LogP contribution in [0.5, 0.6) is 0 Å². The fourth-order valence-corrected chi connectivity index (χ4v) is 2.16. The zero-order valence-electron chi connectivity index (χ0n) is 10.3. The molecule has 0 unspecified atom stereocenters. The van der Waals surface area contributed by atoms with Gasteiger partial charge < -0.3 is 0 Å². The van der Waals surface area contributed by atoms with E-state index in [1.165, 1.54) is 10.5 Å². The highest BCUT2D eigenvalue weighted by Crippen LogP contribution is 2.24. The zero-order chi connectivity index (χ0) is 12.6. The highest BCUT2D eigenvalue weighted by molar-refractivity contribution is 8.07. The molecule has 2 rings (SSSR count). The molecule has 0 bridgehead atoms. The van der Waals surface area contributed by atoms with Crippen LogP contribution in [0, 0.1) is 0 Å². The van der Waals surface area contributed by atoms with Gasteiger partial charge in [-0.1, -0.05) is 48.5 Å². The molecule has 0 radical (unpaired) electrons. The Balaban J connectivity index is 2.14. The van der Waals surface area contributed by atoms with Gasteiger partial charge >= 0.3 is 0 Å². The van der Waals surface area contributed by atoms with Gasteiger partial charge in [0.15, 0.2) is 0 Å². The van der Waals surface area contributed by atoms with Crippen LogP contribution >= 0.6 is 11.8 Å². The summed E-state index contributed by atoms with van der Waals surface area (Å²) >= 11 is 1.73. The van der Waals surface area contributed by atoms with Crippen LogP contribution in [0.2, 0.25) is 0 Å². The number of rotatable bonds is 4. The first kappa shape index (κ1) is 12.7. The Morgan fingerprint density at radius 1 is 0.944 bits per heavy atom. The van der Waals surface area contributed by atoms with Crippen molar-refractivity contribution in [2.75, 3.05) is 6.26 Å². The van der Waals surface area contributed by atoms with Crippen molar-refractivity contribution in [1.29, 1.82) is 0 Å². The first-order chi connectivity index (χ1) is 8.90. The summed E-state index contributed by atoms with van der Waals surface area (Å²) in [6.07, 6.45) is 5.98. The molecule has 18 heavy (non-hydrogen) atoms. The summed E-state index contributed by atoms with van der Waals surface area (Å²) in [4.78, 5) is 5.62. The molecule has 0 fully saturated rings. The minimum atomic E-state index is 0.974. The van der Waals surface area contributed by atoms with Crippen LogP contribution in [0.15, 0.2) is 71.7 Å². The van der Waals surface area contributed by atoms with Gasteiger partial charge in [0.2, 0.25) is 0 Å². The number of nitrogens with zero attached hydrogens (tertiary/aromatic N) is 1. The summed E-state index contributed by atoms with van der Waals surface area (Å²) in [6.45, 7) is 0. The Labute approximate surface area is 112 Å². The van der Waals surface area contributed by atoms with E-state index in [1.807, 2.05) is 60.8 Å². The van der Waals surface area contributed by atoms with E-state index in [0.717, 1.165) is 5.69 Å². The Hall–Kier alpha value is -1.80. The molecule has 0 saturated heterocycles. The van der Waals surface area contributed by atoms with Gasteiger partial charge in [-0.2, -0.15) is 0 Å². The van der Waals surface area contributed by atoms with Crippen molar-refractivity contribution in [3.05, 3.63) is 72.3 Å². The van der Waals surface area contributed by atoms with Gasteiger partial charge in [0.1, 0.15) is 0 Å². The molecule has 90 valence electrons. The van der Waals surface area contributed by atoms with E-state index in [4.69, 9.17) is 0 Å². The third-order valence-electron chi connectivity index (χ3n) is 2.48. The first-order valence-electron chi connectivity index (χ1n) is 5.79. The van der Waals surface area contributed by atoms with Crippen LogP contribution in [0.4, 0.5) is 5.69 Å².